The molecule has 110 valence electrons. The molecule has 2 rings (SSSR count). The number of aryl methyl sites for hydroxylation is 1. The van der Waals surface area contributed by atoms with Gasteiger partial charge in [0.25, 0.3) is 0 Å². The lowest BCUT2D eigenvalue weighted by atomic mass is 9.96. The van der Waals surface area contributed by atoms with E-state index in [-0.39, 0.29) is 11.6 Å². The minimum atomic E-state index is -0.175. The molecular formula is C16H23NO3. The van der Waals surface area contributed by atoms with Gasteiger partial charge in [-0.05, 0) is 50.4 Å². The maximum absolute atomic E-state index is 11.1. The number of benzene rings is 1. The fraction of sp³-hybridized carbons (Fsp3) is 0.562. The van der Waals surface area contributed by atoms with E-state index in [4.69, 9.17) is 4.74 Å². The van der Waals surface area contributed by atoms with Crippen LogP contribution >= 0.6 is 0 Å². The van der Waals surface area contributed by atoms with Crippen molar-refractivity contribution < 1.29 is 14.3 Å². The van der Waals surface area contributed by atoms with E-state index in [2.05, 4.69) is 17.0 Å². The predicted octanol–water partition coefficient (Wildman–Crippen LogP) is 2.31. The Balaban J connectivity index is 1.89. The highest BCUT2D eigenvalue weighted by Gasteiger charge is 2.28. The van der Waals surface area contributed by atoms with Crippen molar-refractivity contribution in [3.63, 3.8) is 0 Å². The average molecular weight is 277 g/mol. The molecule has 1 N–H and O–H groups in total. The minimum absolute atomic E-state index is 0.119. The number of ether oxygens (including phenoxy) is 2. The molecule has 0 spiro atoms. The number of rotatable bonds is 5. The van der Waals surface area contributed by atoms with Crippen LogP contribution < -0.4 is 10.1 Å². The van der Waals surface area contributed by atoms with Gasteiger partial charge in [-0.25, -0.2) is 0 Å². The Morgan fingerprint density at radius 3 is 2.70 bits per heavy atom. The number of methoxy groups -OCH3 is 1. The summed E-state index contributed by atoms with van der Waals surface area (Å²) in [6.07, 6.45) is 3.34. The number of nitrogens with one attached hydrogen (secondary N) is 1. The molecule has 1 aromatic rings. The third-order valence-corrected chi connectivity index (χ3v) is 3.69. The molecule has 0 aromatic heterocycles. The van der Waals surface area contributed by atoms with Crippen LogP contribution in [0.15, 0.2) is 24.3 Å². The van der Waals surface area contributed by atoms with Crippen molar-refractivity contribution in [3.8, 4) is 5.75 Å². The quantitative estimate of drug-likeness (QED) is 0.839. The Morgan fingerprint density at radius 1 is 1.35 bits per heavy atom. The molecule has 20 heavy (non-hydrogen) atoms. The molecule has 1 aromatic carbocycles. The molecule has 1 unspecified atom stereocenters. The first-order valence-electron chi connectivity index (χ1n) is 7.17. The van der Waals surface area contributed by atoms with Crippen molar-refractivity contribution in [3.05, 3.63) is 29.8 Å². The van der Waals surface area contributed by atoms with E-state index >= 15 is 0 Å². The summed E-state index contributed by atoms with van der Waals surface area (Å²) in [6, 6.07) is 7.98. The zero-order valence-electron chi connectivity index (χ0n) is 12.3. The molecule has 0 aliphatic carbocycles. The number of hydrogen-bond donors (Lipinski definition) is 1. The zero-order valence-corrected chi connectivity index (χ0v) is 12.3. The van der Waals surface area contributed by atoms with Crippen molar-refractivity contribution in [1.82, 2.24) is 5.32 Å². The van der Waals surface area contributed by atoms with E-state index in [0.29, 0.717) is 12.8 Å². The standard InChI is InChI=1S/C16H23NO3/c1-16(10-3-11-17-12-16)20-14-7-4-13(5-8-14)6-9-15(18)19-2/h4-5,7-8,17H,3,6,9-12H2,1-2H3. The number of esters is 1. The smallest absolute Gasteiger partial charge is 0.305 e. The second kappa shape index (κ2) is 6.75. The van der Waals surface area contributed by atoms with Crippen molar-refractivity contribution in [2.45, 2.75) is 38.2 Å². The van der Waals surface area contributed by atoms with Gasteiger partial charge in [0.05, 0.1) is 7.11 Å². The van der Waals surface area contributed by atoms with Gasteiger partial charge in [-0.15, -0.1) is 0 Å². The maximum Gasteiger partial charge on any atom is 0.305 e. The summed E-state index contributed by atoms with van der Waals surface area (Å²) in [5, 5.41) is 3.37. The minimum Gasteiger partial charge on any atom is -0.486 e. The first-order chi connectivity index (χ1) is 9.61. The van der Waals surface area contributed by atoms with Crippen LogP contribution in [-0.4, -0.2) is 31.8 Å². The SMILES string of the molecule is COC(=O)CCc1ccc(OC2(C)CCCNC2)cc1. The Labute approximate surface area is 120 Å². The normalized spacial score (nSPS) is 22.3. The van der Waals surface area contributed by atoms with Gasteiger partial charge in [0.15, 0.2) is 0 Å². The van der Waals surface area contributed by atoms with Crippen LogP contribution in [0.4, 0.5) is 0 Å². The van der Waals surface area contributed by atoms with Gasteiger partial charge in [0.2, 0.25) is 0 Å². The van der Waals surface area contributed by atoms with Gasteiger partial charge in [-0.2, -0.15) is 0 Å². The summed E-state index contributed by atoms with van der Waals surface area (Å²) < 4.78 is 10.7. The molecule has 1 fully saturated rings. The second-order valence-electron chi connectivity index (χ2n) is 5.55. The van der Waals surface area contributed by atoms with Gasteiger partial charge in [0.1, 0.15) is 11.4 Å². The van der Waals surface area contributed by atoms with E-state index in [1.807, 2.05) is 24.3 Å². The summed E-state index contributed by atoms with van der Waals surface area (Å²) in [5.41, 5.74) is 1.00. The van der Waals surface area contributed by atoms with Crippen molar-refractivity contribution in [1.29, 1.82) is 0 Å². The molecule has 1 saturated heterocycles. The molecule has 4 nitrogen and oxygen atoms in total. The second-order valence-corrected chi connectivity index (χ2v) is 5.55. The van der Waals surface area contributed by atoms with Gasteiger partial charge in [-0.3, -0.25) is 4.79 Å². The van der Waals surface area contributed by atoms with E-state index < -0.39 is 0 Å². The third-order valence-electron chi connectivity index (χ3n) is 3.69. The van der Waals surface area contributed by atoms with Crippen molar-refractivity contribution in [2.75, 3.05) is 20.2 Å². The summed E-state index contributed by atoms with van der Waals surface area (Å²) in [4.78, 5) is 11.1. The number of hydrogen-bond acceptors (Lipinski definition) is 4. The van der Waals surface area contributed by atoms with Crippen LogP contribution in [-0.2, 0) is 16.0 Å². The topological polar surface area (TPSA) is 47.6 Å². The number of carbonyl (C=O) groups excluding carboxylic acids is 1. The number of carbonyl (C=O) groups is 1. The molecule has 0 bridgehead atoms. The van der Waals surface area contributed by atoms with Gasteiger partial charge in [-0.1, -0.05) is 12.1 Å². The van der Waals surface area contributed by atoms with Crippen LogP contribution in [0.25, 0.3) is 0 Å². The maximum atomic E-state index is 11.1. The highest BCUT2D eigenvalue weighted by molar-refractivity contribution is 5.69. The highest BCUT2D eigenvalue weighted by Crippen LogP contribution is 2.24. The summed E-state index contributed by atoms with van der Waals surface area (Å²) in [6.45, 7) is 4.10. The van der Waals surface area contributed by atoms with Crippen molar-refractivity contribution >= 4 is 5.97 Å². The summed E-state index contributed by atoms with van der Waals surface area (Å²) in [7, 11) is 1.41. The largest absolute Gasteiger partial charge is 0.486 e. The van der Waals surface area contributed by atoms with E-state index in [1.165, 1.54) is 7.11 Å². The lowest BCUT2D eigenvalue weighted by Gasteiger charge is -2.34. The molecule has 1 aliphatic heterocycles. The molecule has 0 amide bonds. The van der Waals surface area contributed by atoms with Crippen LogP contribution in [0, 0.1) is 0 Å². The van der Waals surface area contributed by atoms with Crippen LogP contribution in [0.5, 0.6) is 5.75 Å². The molecule has 0 radical (unpaired) electrons. The lowest BCUT2D eigenvalue weighted by molar-refractivity contribution is -0.140. The van der Waals surface area contributed by atoms with Crippen LogP contribution in [0.3, 0.4) is 0 Å². The van der Waals surface area contributed by atoms with E-state index in [0.717, 1.165) is 37.2 Å². The van der Waals surface area contributed by atoms with Gasteiger partial charge in [0, 0.05) is 13.0 Å². The van der Waals surface area contributed by atoms with E-state index in [9.17, 15) is 4.79 Å². The predicted molar refractivity (Wildman–Crippen MR) is 77.9 cm³/mol. The lowest BCUT2D eigenvalue weighted by Crippen LogP contribution is -2.47. The molecule has 1 heterocycles. The summed E-state index contributed by atoms with van der Waals surface area (Å²) >= 11 is 0. The Kier molecular flexibility index (Phi) is 5.01. The number of piperidine rings is 1. The molecule has 4 heteroatoms. The fourth-order valence-electron chi connectivity index (χ4n) is 2.47. The van der Waals surface area contributed by atoms with Gasteiger partial charge >= 0.3 is 5.97 Å². The first-order valence-corrected chi connectivity index (χ1v) is 7.17. The van der Waals surface area contributed by atoms with Crippen molar-refractivity contribution in [2.24, 2.45) is 0 Å². The Bertz CT molecular complexity index is 436. The Hall–Kier alpha value is -1.55. The van der Waals surface area contributed by atoms with Crippen LogP contribution in [0.2, 0.25) is 0 Å². The molecule has 1 atom stereocenters. The monoisotopic (exact) mass is 277 g/mol. The van der Waals surface area contributed by atoms with Gasteiger partial charge < -0.3 is 14.8 Å². The third kappa shape index (κ3) is 4.23. The molecule has 1 aliphatic rings. The molecular weight excluding hydrogens is 254 g/mol. The Morgan fingerprint density at radius 2 is 2.10 bits per heavy atom. The fourth-order valence-corrected chi connectivity index (χ4v) is 2.47. The van der Waals surface area contributed by atoms with Crippen LogP contribution in [0.1, 0.15) is 31.7 Å². The first kappa shape index (κ1) is 14.9. The van der Waals surface area contributed by atoms with E-state index in [1.54, 1.807) is 0 Å². The highest BCUT2D eigenvalue weighted by atomic mass is 16.5. The average Bonchev–Trinajstić information content (AvgIpc) is 2.46. The molecule has 0 saturated carbocycles. The summed E-state index contributed by atoms with van der Waals surface area (Å²) in [5.74, 6) is 0.712. The zero-order chi connectivity index (χ0) is 14.4.